The summed E-state index contributed by atoms with van der Waals surface area (Å²) in [6, 6.07) is 3.30. The van der Waals surface area contributed by atoms with Crippen molar-refractivity contribution in [3.8, 4) is 5.88 Å². The van der Waals surface area contributed by atoms with Crippen molar-refractivity contribution in [1.82, 2.24) is 15.2 Å². The Morgan fingerprint density at radius 1 is 1.40 bits per heavy atom. The number of hydrogen-bond donors (Lipinski definition) is 2. The third-order valence-corrected chi connectivity index (χ3v) is 2.88. The van der Waals surface area contributed by atoms with Gasteiger partial charge in [0.25, 0.3) is 0 Å². The lowest BCUT2D eigenvalue weighted by Crippen LogP contribution is -2.49. The molecule has 1 aliphatic rings. The Hall–Kier alpha value is -2.15. The van der Waals surface area contributed by atoms with Crippen LogP contribution < -0.4 is 15.4 Å². The molecule has 2 N–H and O–H groups in total. The molecule has 0 aromatic carbocycles. The van der Waals surface area contributed by atoms with Crippen molar-refractivity contribution in [3.63, 3.8) is 0 Å². The number of anilines is 1. The van der Waals surface area contributed by atoms with Crippen molar-refractivity contribution in [2.75, 3.05) is 38.1 Å². The highest BCUT2D eigenvalue weighted by atomic mass is 16.5. The first kappa shape index (κ1) is 14.3. The molecule has 0 atom stereocenters. The molecule has 2 heterocycles. The predicted molar refractivity (Wildman–Crippen MR) is 73.5 cm³/mol. The Bertz CT molecular complexity index is 469. The van der Waals surface area contributed by atoms with Gasteiger partial charge in [-0.1, -0.05) is 0 Å². The largest absolute Gasteiger partial charge is 0.478 e. The van der Waals surface area contributed by atoms with Gasteiger partial charge in [-0.3, -0.25) is 9.59 Å². The third-order valence-electron chi connectivity index (χ3n) is 2.88. The number of nitrogens with zero attached hydrogens (tertiary/aromatic N) is 2. The van der Waals surface area contributed by atoms with Crippen LogP contribution >= 0.6 is 0 Å². The lowest BCUT2D eigenvalue weighted by atomic mass is 10.3. The van der Waals surface area contributed by atoms with E-state index in [-0.39, 0.29) is 0 Å². The van der Waals surface area contributed by atoms with E-state index in [2.05, 4.69) is 15.6 Å². The molecule has 1 saturated heterocycles. The summed E-state index contributed by atoms with van der Waals surface area (Å²) in [4.78, 5) is 29.3. The zero-order chi connectivity index (χ0) is 14.4. The van der Waals surface area contributed by atoms with Crippen LogP contribution in [0.4, 0.5) is 5.69 Å². The molecule has 1 fully saturated rings. The third kappa shape index (κ3) is 3.67. The summed E-state index contributed by atoms with van der Waals surface area (Å²) < 4.78 is 5.20. The maximum absolute atomic E-state index is 11.9. The van der Waals surface area contributed by atoms with Gasteiger partial charge < -0.3 is 20.3 Å². The number of ether oxygens (including phenoxy) is 1. The monoisotopic (exact) mass is 278 g/mol. The maximum atomic E-state index is 11.9. The van der Waals surface area contributed by atoms with E-state index in [0.29, 0.717) is 44.4 Å². The quantitative estimate of drug-likeness (QED) is 0.751. The van der Waals surface area contributed by atoms with E-state index in [9.17, 15) is 9.59 Å². The molecule has 7 nitrogen and oxygen atoms in total. The predicted octanol–water partition coefficient (Wildman–Crippen LogP) is -0.149. The fourth-order valence-electron chi connectivity index (χ4n) is 1.88. The van der Waals surface area contributed by atoms with Gasteiger partial charge in [-0.25, -0.2) is 4.98 Å². The molecule has 0 aliphatic carbocycles. The molecule has 108 valence electrons. The van der Waals surface area contributed by atoms with Crippen molar-refractivity contribution in [1.29, 1.82) is 0 Å². The summed E-state index contributed by atoms with van der Waals surface area (Å²) in [7, 11) is 0. The number of piperazine rings is 1. The highest BCUT2D eigenvalue weighted by Crippen LogP contribution is 2.11. The molecule has 7 heteroatoms. The summed E-state index contributed by atoms with van der Waals surface area (Å²) in [5, 5.41) is 5.67. The van der Waals surface area contributed by atoms with Crippen LogP contribution in [0.3, 0.4) is 0 Å². The number of nitrogens with one attached hydrogen (secondary N) is 2. The van der Waals surface area contributed by atoms with E-state index in [4.69, 9.17) is 4.74 Å². The normalized spacial score (nSPS) is 14.8. The Kier molecular flexibility index (Phi) is 4.89. The number of carbonyl (C=O) groups excluding carboxylic acids is 2. The number of pyridine rings is 1. The Morgan fingerprint density at radius 3 is 2.75 bits per heavy atom. The zero-order valence-electron chi connectivity index (χ0n) is 11.4. The highest BCUT2D eigenvalue weighted by molar-refractivity contribution is 6.39. The molecule has 0 unspecified atom stereocenters. The van der Waals surface area contributed by atoms with Crippen molar-refractivity contribution in [2.24, 2.45) is 0 Å². The Labute approximate surface area is 117 Å². The summed E-state index contributed by atoms with van der Waals surface area (Å²) in [6.07, 6.45) is 1.47. The molecule has 1 aromatic rings. The van der Waals surface area contributed by atoms with E-state index >= 15 is 0 Å². The fourth-order valence-corrected chi connectivity index (χ4v) is 1.88. The molecule has 1 aliphatic heterocycles. The minimum atomic E-state index is -0.641. The lowest BCUT2D eigenvalue weighted by Gasteiger charge is -2.26. The minimum Gasteiger partial charge on any atom is -0.478 e. The molecule has 0 bridgehead atoms. The second-order valence-corrected chi connectivity index (χ2v) is 4.31. The smallest absolute Gasteiger partial charge is 0.313 e. The average Bonchev–Trinajstić information content (AvgIpc) is 2.49. The summed E-state index contributed by atoms with van der Waals surface area (Å²) >= 11 is 0. The summed E-state index contributed by atoms with van der Waals surface area (Å²) in [6.45, 7) is 4.92. The van der Waals surface area contributed by atoms with Crippen LogP contribution in [-0.2, 0) is 9.59 Å². The van der Waals surface area contributed by atoms with Crippen LogP contribution in [0.5, 0.6) is 5.88 Å². The van der Waals surface area contributed by atoms with E-state index in [1.54, 1.807) is 12.1 Å². The molecule has 0 saturated carbocycles. The van der Waals surface area contributed by atoms with Crippen LogP contribution in [0.2, 0.25) is 0 Å². The van der Waals surface area contributed by atoms with Crippen molar-refractivity contribution in [2.45, 2.75) is 6.92 Å². The molecule has 2 rings (SSSR count). The van der Waals surface area contributed by atoms with Crippen LogP contribution in [0, 0.1) is 0 Å². The van der Waals surface area contributed by atoms with Gasteiger partial charge >= 0.3 is 11.8 Å². The van der Waals surface area contributed by atoms with Crippen molar-refractivity contribution >= 4 is 17.5 Å². The van der Waals surface area contributed by atoms with E-state index < -0.39 is 11.8 Å². The van der Waals surface area contributed by atoms with Gasteiger partial charge in [-0.15, -0.1) is 0 Å². The zero-order valence-corrected chi connectivity index (χ0v) is 11.4. The number of amides is 2. The SMILES string of the molecule is CCOc1ccc(NC(=O)C(=O)N2CCNCC2)cn1. The molecule has 1 aromatic heterocycles. The minimum absolute atomic E-state index is 0.474. The molecular weight excluding hydrogens is 260 g/mol. The average molecular weight is 278 g/mol. The topological polar surface area (TPSA) is 83.6 Å². The first-order chi connectivity index (χ1) is 9.70. The Balaban J connectivity index is 1.91. The number of carbonyl (C=O) groups is 2. The highest BCUT2D eigenvalue weighted by Gasteiger charge is 2.23. The molecule has 0 radical (unpaired) electrons. The van der Waals surface area contributed by atoms with Gasteiger partial charge in [0.2, 0.25) is 5.88 Å². The Morgan fingerprint density at radius 2 is 2.15 bits per heavy atom. The first-order valence-electron chi connectivity index (χ1n) is 6.60. The van der Waals surface area contributed by atoms with Gasteiger partial charge in [-0.05, 0) is 13.0 Å². The number of aromatic nitrogens is 1. The van der Waals surface area contributed by atoms with E-state index in [0.717, 1.165) is 0 Å². The number of rotatable bonds is 3. The van der Waals surface area contributed by atoms with Gasteiger partial charge in [0.1, 0.15) is 0 Å². The first-order valence-corrected chi connectivity index (χ1v) is 6.60. The molecular formula is C13H18N4O3. The second-order valence-electron chi connectivity index (χ2n) is 4.31. The van der Waals surface area contributed by atoms with Crippen LogP contribution in [0.15, 0.2) is 18.3 Å². The lowest BCUT2D eigenvalue weighted by molar-refractivity contribution is -0.143. The van der Waals surface area contributed by atoms with Gasteiger partial charge in [0.05, 0.1) is 18.5 Å². The van der Waals surface area contributed by atoms with Crippen LogP contribution in [0.1, 0.15) is 6.92 Å². The fraction of sp³-hybridized carbons (Fsp3) is 0.462. The molecule has 20 heavy (non-hydrogen) atoms. The van der Waals surface area contributed by atoms with Crippen molar-refractivity contribution < 1.29 is 14.3 Å². The van der Waals surface area contributed by atoms with Crippen LogP contribution in [0.25, 0.3) is 0 Å². The van der Waals surface area contributed by atoms with E-state index in [1.807, 2.05) is 6.92 Å². The van der Waals surface area contributed by atoms with Gasteiger partial charge in [0.15, 0.2) is 0 Å². The van der Waals surface area contributed by atoms with E-state index in [1.165, 1.54) is 11.1 Å². The summed E-state index contributed by atoms with van der Waals surface area (Å²) in [5.74, 6) is -0.669. The molecule has 0 spiro atoms. The van der Waals surface area contributed by atoms with Crippen molar-refractivity contribution in [3.05, 3.63) is 18.3 Å². The maximum Gasteiger partial charge on any atom is 0.313 e. The second kappa shape index (κ2) is 6.85. The standard InChI is InChI=1S/C13H18N4O3/c1-2-20-11-4-3-10(9-15-11)16-12(18)13(19)17-7-5-14-6-8-17/h3-4,9,14H,2,5-8H2,1H3,(H,16,18). The van der Waals surface area contributed by atoms with Crippen LogP contribution in [-0.4, -0.2) is 54.5 Å². The molecule has 2 amide bonds. The van der Waals surface area contributed by atoms with Gasteiger partial charge in [-0.2, -0.15) is 0 Å². The van der Waals surface area contributed by atoms with Gasteiger partial charge in [0, 0.05) is 32.2 Å². The summed E-state index contributed by atoms with van der Waals surface area (Å²) in [5.41, 5.74) is 0.474. The number of hydrogen-bond acceptors (Lipinski definition) is 5.